The molecule has 11 heteroatoms. The van der Waals surface area contributed by atoms with Crippen molar-refractivity contribution in [2.75, 3.05) is 6.54 Å². The molecule has 0 spiro atoms. The molecule has 34 heavy (non-hydrogen) atoms. The molecule has 4 unspecified atom stereocenters. The number of nitrogens with one attached hydrogen (secondary N) is 4. The van der Waals surface area contributed by atoms with Gasteiger partial charge in [-0.2, -0.15) is 0 Å². The van der Waals surface area contributed by atoms with Crippen molar-refractivity contribution in [2.45, 2.75) is 57.8 Å². The van der Waals surface area contributed by atoms with E-state index in [0.29, 0.717) is 12.0 Å². The quantitative estimate of drug-likeness (QED) is 0.218. The van der Waals surface area contributed by atoms with Gasteiger partial charge in [-0.15, -0.1) is 0 Å². The van der Waals surface area contributed by atoms with Gasteiger partial charge in [-0.1, -0.05) is 32.0 Å². The monoisotopic (exact) mass is 475 g/mol. The van der Waals surface area contributed by atoms with E-state index >= 15 is 0 Å². The van der Waals surface area contributed by atoms with E-state index in [1.807, 2.05) is 38.1 Å². The van der Waals surface area contributed by atoms with Crippen LogP contribution in [-0.4, -0.2) is 69.7 Å². The van der Waals surface area contributed by atoms with Gasteiger partial charge in [0.05, 0.1) is 18.7 Å². The van der Waals surface area contributed by atoms with Gasteiger partial charge in [0.25, 0.3) is 0 Å². The maximum absolute atomic E-state index is 12.7. The summed E-state index contributed by atoms with van der Waals surface area (Å²) in [6.07, 6.45) is 0.799. The van der Waals surface area contributed by atoms with Crippen LogP contribution in [0, 0.1) is 5.92 Å². The van der Waals surface area contributed by atoms with Crippen LogP contribution in [0.4, 0.5) is 0 Å². The van der Waals surface area contributed by atoms with Gasteiger partial charge in [0.2, 0.25) is 17.7 Å². The molecular formula is C23H33N5O6. The maximum Gasteiger partial charge on any atom is 0.326 e. The number of benzene rings is 1. The lowest BCUT2D eigenvalue weighted by Gasteiger charge is -2.23. The van der Waals surface area contributed by atoms with Crippen molar-refractivity contribution in [3.05, 3.63) is 36.0 Å². The zero-order valence-electron chi connectivity index (χ0n) is 19.5. The van der Waals surface area contributed by atoms with Crippen LogP contribution in [0.25, 0.3) is 10.9 Å². The van der Waals surface area contributed by atoms with E-state index in [0.717, 1.165) is 10.9 Å². The Morgan fingerprint density at radius 1 is 1.06 bits per heavy atom. The molecule has 0 saturated carbocycles. The molecule has 2 aromatic rings. The first-order valence-electron chi connectivity index (χ1n) is 11.1. The minimum atomic E-state index is -1.42. The molecule has 2 rings (SSSR count). The number of aliphatic carboxylic acids is 1. The predicted octanol–water partition coefficient (Wildman–Crippen LogP) is -0.365. The minimum absolute atomic E-state index is 0.00460. The smallest absolute Gasteiger partial charge is 0.326 e. The molecule has 4 atom stereocenters. The van der Waals surface area contributed by atoms with Crippen LogP contribution in [0.2, 0.25) is 0 Å². The summed E-state index contributed by atoms with van der Waals surface area (Å²) in [5.41, 5.74) is 7.30. The van der Waals surface area contributed by atoms with E-state index in [2.05, 4.69) is 20.9 Å². The number of fused-ring (bicyclic) bond motifs is 1. The molecule has 0 radical (unpaired) electrons. The van der Waals surface area contributed by atoms with Crippen LogP contribution in [0.15, 0.2) is 30.5 Å². The summed E-state index contributed by atoms with van der Waals surface area (Å²) in [5, 5.41) is 27.6. The standard InChI is InChI=1S/C23H33N5O6/c1-12(2)8-16(24)21(31)26-11-19(30)28-20(13(3)29)22(32)27-18(23(33)34)9-14-10-25-17-7-5-4-6-15(14)17/h4-7,10,12-13,16,18,20,25,29H,8-9,11,24H2,1-3H3,(H,26,31)(H,27,32)(H,28,30)(H,33,34). The lowest BCUT2D eigenvalue weighted by molar-refractivity contribution is -0.142. The molecule has 0 bridgehead atoms. The highest BCUT2D eigenvalue weighted by atomic mass is 16.4. The van der Waals surface area contributed by atoms with E-state index in [-0.39, 0.29) is 12.3 Å². The molecule has 3 amide bonds. The average Bonchev–Trinajstić information content (AvgIpc) is 3.17. The van der Waals surface area contributed by atoms with E-state index in [9.17, 15) is 29.4 Å². The normalized spacial score (nSPS) is 14.8. The fourth-order valence-electron chi connectivity index (χ4n) is 3.53. The Labute approximate surface area is 197 Å². The predicted molar refractivity (Wildman–Crippen MR) is 126 cm³/mol. The van der Waals surface area contributed by atoms with E-state index in [4.69, 9.17) is 5.73 Å². The van der Waals surface area contributed by atoms with Crippen LogP contribution in [0.1, 0.15) is 32.8 Å². The molecule has 0 fully saturated rings. The number of carbonyl (C=O) groups is 4. The number of aromatic amines is 1. The highest BCUT2D eigenvalue weighted by Gasteiger charge is 2.30. The van der Waals surface area contributed by atoms with Gasteiger partial charge < -0.3 is 36.9 Å². The molecule has 8 N–H and O–H groups in total. The van der Waals surface area contributed by atoms with Crippen LogP contribution in [-0.2, 0) is 25.6 Å². The van der Waals surface area contributed by atoms with Crippen molar-refractivity contribution in [2.24, 2.45) is 11.7 Å². The van der Waals surface area contributed by atoms with Crippen molar-refractivity contribution in [1.29, 1.82) is 0 Å². The highest BCUT2D eigenvalue weighted by Crippen LogP contribution is 2.19. The molecular weight excluding hydrogens is 442 g/mol. The Hall–Kier alpha value is -3.44. The number of nitrogens with two attached hydrogens (primary N) is 1. The van der Waals surface area contributed by atoms with Crippen molar-refractivity contribution in [1.82, 2.24) is 20.9 Å². The summed E-state index contributed by atoms with van der Waals surface area (Å²) in [5.74, 6) is -3.16. The van der Waals surface area contributed by atoms with Gasteiger partial charge in [0, 0.05) is 23.5 Å². The van der Waals surface area contributed by atoms with Gasteiger partial charge in [-0.05, 0) is 30.9 Å². The SMILES string of the molecule is CC(C)CC(N)C(=O)NCC(=O)NC(C(=O)NC(Cc1c[nH]c2ccccc12)C(=O)O)C(C)O. The van der Waals surface area contributed by atoms with Gasteiger partial charge in [0.1, 0.15) is 12.1 Å². The number of H-pyrrole nitrogens is 1. The zero-order valence-corrected chi connectivity index (χ0v) is 19.5. The number of carboxylic acids is 1. The number of hydrogen-bond donors (Lipinski definition) is 7. The first-order valence-corrected chi connectivity index (χ1v) is 11.1. The molecule has 186 valence electrons. The molecule has 0 saturated heterocycles. The van der Waals surface area contributed by atoms with E-state index < -0.39 is 54.5 Å². The third kappa shape index (κ3) is 7.56. The number of para-hydroxylation sites is 1. The number of carbonyl (C=O) groups excluding carboxylic acids is 3. The van der Waals surface area contributed by atoms with Gasteiger partial charge >= 0.3 is 5.97 Å². The van der Waals surface area contributed by atoms with Crippen molar-refractivity contribution in [3.8, 4) is 0 Å². The Morgan fingerprint density at radius 2 is 1.74 bits per heavy atom. The lowest BCUT2D eigenvalue weighted by Crippen LogP contribution is -2.57. The number of carboxylic acid groups (broad SMARTS) is 1. The number of amides is 3. The van der Waals surface area contributed by atoms with Crippen LogP contribution in [0.3, 0.4) is 0 Å². The second-order valence-electron chi connectivity index (χ2n) is 8.70. The number of hydrogen-bond acceptors (Lipinski definition) is 6. The van der Waals surface area contributed by atoms with Crippen molar-refractivity contribution >= 4 is 34.6 Å². The number of aliphatic hydroxyl groups excluding tert-OH is 1. The summed E-state index contributed by atoms with van der Waals surface area (Å²) >= 11 is 0. The maximum atomic E-state index is 12.7. The molecule has 1 aromatic carbocycles. The van der Waals surface area contributed by atoms with Crippen LogP contribution < -0.4 is 21.7 Å². The summed E-state index contributed by atoms with van der Waals surface area (Å²) in [6, 6.07) is 3.86. The Balaban J connectivity index is 1.99. The number of aliphatic hydroxyl groups is 1. The van der Waals surface area contributed by atoms with Crippen LogP contribution >= 0.6 is 0 Å². The lowest BCUT2D eigenvalue weighted by atomic mass is 10.0. The summed E-state index contributed by atoms with van der Waals surface area (Å²) in [6.45, 7) is 4.67. The third-order valence-corrected chi connectivity index (χ3v) is 5.28. The largest absolute Gasteiger partial charge is 0.480 e. The first kappa shape index (κ1) is 26.8. The van der Waals surface area contributed by atoms with Crippen molar-refractivity contribution in [3.63, 3.8) is 0 Å². The minimum Gasteiger partial charge on any atom is -0.480 e. The Kier molecular flexibility index (Phi) is 9.58. The van der Waals surface area contributed by atoms with Gasteiger partial charge in [-0.3, -0.25) is 14.4 Å². The Morgan fingerprint density at radius 3 is 2.35 bits per heavy atom. The van der Waals surface area contributed by atoms with Crippen LogP contribution in [0.5, 0.6) is 0 Å². The number of rotatable bonds is 12. The highest BCUT2D eigenvalue weighted by molar-refractivity contribution is 5.93. The fraction of sp³-hybridized carbons (Fsp3) is 0.478. The van der Waals surface area contributed by atoms with E-state index in [1.165, 1.54) is 6.92 Å². The number of aromatic nitrogens is 1. The first-order chi connectivity index (χ1) is 16.0. The fourth-order valence-corrected chi connectivity index (χ4v) is 3.53. The molecule has 0 aliphatic rings. The molecule has 1 aromatic heterocycles. The molecule has 0 aliphatic heterocycles. The second kappa shape index (κ2) is 12.1. The topological polar surface area (TPSA) is 187 Å². The van der Waals surface area contributed by atoms with Gasteiger partial charge in [0.15, 0.2) is 0 Å². The van der Waals surface area contributed by atoms with Crippen molar-refractivity contribution < 1.29 is 29.4 Å². The summed E-state index contributed by atoms with van der Waals surface area (Å²) < 4.78 is 0. The van der Waals surface area contributed by atoms with Gasteiger partial charge in [-0.25, -0.2) is 4.79 Å². The van der Waals surface area contributed by atoms with E-state index in [1.54, 1.807) is 6.20 Å². The second-order valence-corrected chi connectivity index (χ2v) is 8.70. The summed E-state index contributed by atoms with van der Waals surface area (Å²) in [7, 11) is 0. The molecule has 11 nitrogen and oxygen atoms in total. The molecule has 1 heterocycles. The Bertz CT molecular complexity index is 1020. The third-order valence-electron chi connectivity index (χ3n) is 5.28. The summed E-state index contributed by atoms with van der Waals surface area (Å²) in [4.78, 5) is 51.8. The molecule has 0 aliphatic carbocycles. The average molecular weight is 476 g/mol. The zero-order chi connectivity index (χ0) is 25.4.